The van der Waals surface area contributed by atoms with Crippen LogP contribution in [0.3, 0.4) is 0 Å². The molecular weight excluding hydrogens is 327 g/mol. The van der Waals surface area contributed by atoms with E-state index in [9.17, 15) is 14.0 Å². The van der Waals surface area contributed by atoms with Crippen molar-refractivity contribution in [2.24, 2.45) is 5.92 Å². The smallest absolute Gasteiger partial charge is 0.287 e. The molecule has 0 aliphatic carbocycles. The Morgan fingerprint density at radius 1 is 1.20 bits per heavy atom. The van der Waals surface area contributed by atoms with Crippen molar-refractivity contribution in [2.45, 2.75) is 19.9 Å². The Labute approximate surface area is 145 Å². The predicted octanol–water partition coefficient (Wildman–Crippen LogP) is 2.37. The summed E-state index contributed by atoms with van der Waals surface area (Å²) in [5.74, 6) is -0.524. The number of amides is 2. The lowest BCUT2D eigenvalue weighted by atomic mass is 10.0. The third-order valence-corrected chi connectivity index (χ3v) is 3.46. The summed E-state index contributed by atoms with van der Waals surface area (Å²) in [6.45, 7) is 4.16. The summed E-state index contributed by atoms with van der Waals surface area (Å²) in [4.78, 5) is 24.3. The summed E-state index contributed by atoms with van der Waals surface area (Å²) in [7, 11) is 0. The monoisotopic (exact) mass is 348 g/mol. The van der Waals surface area contributed by atoms with Gasteiger partial charge in [0.25, 0.3) is 5.91 Å². The second kappa shape index (κ2) is 8.86. The van der Waals surface area contributed by atoms with Crippen LogP contribution in [0.4, 0.5) is 4.39 Å². The molecule has 1 aromatic carbocycles. The minimum absolute atomic E-state index is 0.100. The number of benzene rings is 1. The Hall–Kier alpha value is -2.83. The van der Waals surface area contributed by atoms with Gasteiger partial charge < -0.3 is 19.8 Å². The van der Waals surface area contributed by atoms with Crippen molar-refractivity contribution < 1.29 is 23.1 Å². The summed E-state index contributed by atoms with van der Waals surface area (Å²) >= 11 is 0. The molecule has 0 aliphatic rings. The zero-order valence-corrected chi connectivity index (χ0v) is 14.1. The number of hydrogen-bond donors (Lipinski definition) is 2. The number of rotatable bonds is 8. The molecular formula is C18H21FN2O4. The van der Waals surface area contributed by atoms with Crippen molar-refractivity contribution in [1.82, 2.24) is 10.6 Å². The van der Waals surface area contributed by atoms with Gasteiger partial charge in [-0.3, -0.25) is 9.59 Å². The summed E-state index contributed by atoms with van der Waals surface area (Å²) in [5, 5.41) is 5.37. The maximum atomic E-state index is 12.8. The minimum Gasteiger partial charge on any atom is -0.492 e. The van der Waals surface area contributed by atoms with E-state index in [1.807, 2.05) is 13.8 Å². The van der Waals surface area contributed by atoms with Gasteiger partial charge in [-0.15, -0.1) is 0 Å². The molecule has 6 nitrogen and oxygen atoms in total. The van der Waals surface area contributed by atoms with Crippen molar-refractivity contribution >= 4 is 11.8 Å². The SMILES string of the molecule is CC(C)C(NC(=O)c1ccco1)C(=O)NCCOc1ccc(F)cc1. The minimum atomic E-state index is -0.691. The fourth-order valence-corrected chi connectivity index (χ4v) is 2.14. The van der Waals surface area contributed by atoms with Crippen LogP contribution in [0.25, 0.3) is 0 Å². The number of nitrogens with one attached hydrogen (secondary N) is 2. The Morgan fingerprint density at radius 3 is 2.52 bits per heavy atom. The van der Waals surface area contributed by atoms with E-state index < -0.39 is 11.9 Å². The molecule has 0 spiro atoms. The van der Waals surface area contributed by atoms with Crippen LogP contribution in [-0.4, -0.2) is 31.0 Å². The van der Waals surface area contributed by atoms with Gasteiger partial charge in [0.15, 0.2) is 5.76 Å². The van der Waals surface area contributed by atoms with Crippen LogP contribution < -0.4 is 15.4 Å². The fourth-order valence-electron chi connectivity index (χ4n) is 2.14. The average Bonchev–Trinajstić information content (AvgIpc) is 3.12. The molecule has 1 unspecified atom stereocenters. The van der Waals surface area contributed by atoms with E-state index in [-0.39, 0.29) is 36.6 Å². The van der Waals surface area contributed by atoms with Gasteiger partial charge in [0, 0.05) is 0 Å². The van der Waals surface area contributed by atoms with Gasteiger partial charge in [0.1, 0.15) is 24.2 Å². The van der Waals surface area contributed by atoms with Gasteiger partial charge in [-0.2, -0.15) is 0 Å². The quantitative estimate of drug-likeness (QED) is 0.718. The first-order valence-corrected chi connectivity index (χ1v) is 7.98. The molecule has 2 aromatic rings. The fraction of sp³-hybridized carbons (Fsp3) is 0.333. The highest BCUT2D eigenvalue weighted by molar-refractivity contribution is 5.95. The first-order chi connectivity index (χ1) is 12.0. The molecule has 0 aliphatic heterocycles. The molecule has 0 radical (unpaired) electrons. The summed E-state index contributed by atoms with van der Waals surface area (Å²) in [6.07, 6.45) is 1.39. The van der Waals surface area contributed by atoms with Crippen LogP contribution in [0.1, 0.15) is 24.4 Å². The molecule has 0 bridgehead atoms. The number of furan rings is 1. The summed E-state index contributed by atoms with van der Waals surface area (Å²) in [6, 6.07) is 8.06. The van der Waals surface area contributed by atoms with E-state index in [1.165, 1.54) is 36.6 Å². The first-order valence-electron chi connectivity index (χ1n) is 7.98. The lowest BCUT2D eigenvalue weighted by Crippen LogP contribution is -2.50. The van der Waals surface area contributed by atoms with Gasteiger partial charge in [-0.25, -0.2) is 4.39 Å². The van der Waals surface area contributed by atoms with E-state index in [0.717, 1.165) is 0 Å². The van der Waals surface area contributed by atoms with E-state index >= 15 is 0 Å². The number of ether oxygens (including phenoxy) is 1. The largest absolute Gasteiger partial charge is 0.492 e. The molecule has 2 rings (SSSR count). The molecule has 7 heteroatoms. The normalized spacial score (nSPS) is 11.8. The molecule has 134 valence electrons. The topological polar surface area (TPSA) is 80.6 Å². The molecule has 2 N–H and O–H groups in total. The van der Waals surface area contributed by atoms with Crippen LogP contribution in [0, 0.1) is 11.7 Å². The van der Waals surface area contributed by atoms with E-state index in [4.69, 9.17) is 9.15 Å². The van der Waals surface area contributed by atoms with Gasteiger partial charge in [0.2, 0.25) is 5.91 Å². The lowest BCUT2D eigenvalue weighted by Gasteiger charge is -2.21. The highest BCUT2D eigenvalue weighted by atomic mass is 19.1. The van der Waals surface area contributed by atoms with E-state index in [1.54, 1.807) is 6.07 Å². The third-order valence-electron chi connectivity index (χ3n) is 3.46. The molecule has 1 atom stereocenters. The lowest BCUT2D eigenvalue weighted by molar-refractivity contribution is -0.124. The van der Waals surface area contributed by atoms with Crippen molar-refractivity contribution in [2.75, 3.05) is 13.2 Å². The Balaban J connectivity index is 1.79. The molecule has 1 aromatic heterocycles. The molecule has 0 saturated heterocycles. The molecule has 25 heavy (non-hydrogen) atoms. The predicted molar refractivity (Wildman–Crippen MR) is 89.7 cm³/mol. The van der Waals surface area contributed by atoms with E-state index in [2.05, 4.69) is 10.6 Å². The Bertz CT molecular complexity index is 684. The summed E-state index contributed by atoms with van der Waals surface area (Å²) in [5.41, 5.74) is 0. The Morgan fingerprint density at radius 2 is 1.92 bits per heavy atom. The van der Waals surface area contributed by atoms with Crippen LogP contribution in [-0.2, 0) is 4.79 Å². The van der Waals surface area contributed by atoms with Crippen molar-refractivity contribution in [3.05, 3.63) is 54.2 Å². The number of carbonyl (C=O) groups excluding carboxylic acids is 2. The van der Waals surface area contributed by atoms with Crippen LogP contribution in [0.5, 0.6) is 5.75 Å². The van der Waals surface area contributed by atoms with Crippen LogP contribution >= 0.6 is 0 Å². The van der Waals surface area contributed by atoms with Gasteiger partial charge in [0.05, 0.1) is 12.8 Å². The van der Waals surface area contributed by atoms with Crippen LogP contribution in [0.2, 0.25) is 0 Å². The maximum Gasteiger partial charge on any atom is 0.287 e. The summed E-state index contributed by atoms with van der Waals surface area (Å²) < 4.78 is 23.2. The van der Waals surface area contributed by atoms with Crippen molar-refractivity contribution in [3.63, 3.8) is 0 Å². The number of hydrogen-bond acceptors (Lipinski definition) is 4. The first kappa shape index (κ1) is 18.5. The molecule has 0 saturated carbocycles. The second-order valence-corrected chi connectivity index (χ2v) is 5.77. The maximum absolute atomic E-state index is 12.8. The van der Waals surface area contributed by atoms with Gasteiger partial charge in [-0.1, -0.05) is 13.8 Å². The highest BCUT2D eigenvalue weighted by Gasteiger charge is 2.25. The third kappa shape index (κ3) is 5.63. The number of carbonyl (C=O) groups is 2. The van der Waals surface area contributed by atoms with Crippen LogP contribution in [0.15, 0.2) is 47.1 Å². The molecule has 0 fully saturated rings. The molecule has 2 amide bonds. The Kier molecular flexibility index (Phi) is 6.56. The zero-order valence-electron chi connectivity index (χ0n) is 14.1. The second-order valence-electron chi connectivity index (χ2n) is 5.77. The zero-order chi connectivity index (χ0) is 18.2. The van der Waals surface area contributed by atoms with E-state index in [0.29, 0.717) is 5.75 Å². The van der Waals surface area contributed by atoms with Crippen molar-refractivity contribution in [3.8, 4) is 5.75 Å². The van der Waals surface area contributed by atoms with Gasteiger partial charge >= 0.3 is 0 Å². The highest BCUT2D eigenvalue weighted by Crippen LogP contribution is 2.10. The average molecular weight is 348 g/mol. The molecule has 1 heterocycles. The van der Waals surface area contributed by atoms with Crippen molar-refractivity contribution in [1.29, 1.82) is 0 Å². The van der Waals surface area contributed by atoms with Gasteiger partial charge in [-0.05, 0) is 42.3 Å². The number of halogens is 1. The standard InChI is InChI=1S/C18H21FN2O4/c1-12(2)16(21-17(22)15-4-3-10-25-15)18(23)20-9-11-24-14-7-5-13(19)6-8-14/h3-8,10,12,16H,9,11H2,1-2H3,(H,20,23)(H,21,22).